The zero-order valence-electron chi connectivity index (χ0n) is 27.9. The Labute approximate surface area is 291 Å². The monoisotopic (exact) mass is 751 g/mol. The summed E-state index contributed by atoms with van der Waals surface area (Å²) in [4.78, 5) is 12.4. The number of nitrogens with two attached hydrogens (primary N) is 1. The molecule has 0 radical (unpaired) electrons. The van der Waals surface area contributed by atoms with Crippen molar-refractivity contribution < 1.29 is 105 Å². The lowest BCUT2D eigenvalue weighted by molar-refractivity contribution is -0.367. The van der Waals surface area contributed by atoms with E-state index in [2.05, 4.69) is 0 Å². The van der Waals surface area contributed by atoms with E-state index in [-0.39, 0.29) is 6.42 Å². The van der Waals surface area contributed by atoms with Gasteiger partial charge in [0, 0.05) is 18.9 Å². The van der Waals surface area contributed by atoms with Crippen LogP contribution in [-0.2, 0) is 33.2 Å². The number of aliphatic hydroxyl groups excluding tert-OH is 13. The van der Waals surface area contributed by atoms with Crippen molar-refractivity contribution in [3.63, 3.8) is 0 Å². The molecule has 51 heavy (non-hydrogen) atoms. The Morgan fingerprint density at radius 2 is 1.53 bits per heavy atom. The highest BCUT2D eigenvalue weighted by atomic mass is 16.8. The minimum Gasteiger partial charge on any atom is -0.477 e. The molecule has 22 heteroatoms. The topological polar surface area (TPSA) is 382 Å². The fourth-order valence-electron chi connectivity index (χ4n) is 6.11. The van der Waals surface area contributed by atoms with Gasteiger partial charge in [0.2, 0.25) is 0 Å². The van der Waals surface area contributed by atoms with E-state index < -0.39 is 161 Å². The van der Waals surface area contributed by atoms with E-state index in [0.717, 1.165) is 0 Å². The molecule has 0 saturated carbocycles. The first-order chi connectivity index (χ1) is 23.8. The summed E-state index contributed by atoms with van der Waals surface area (Å²) in [6.07, 6.45) is -30.0. The molecular weight excluding hydrogens is 698 g/mol. The maximum atomic E-state index is 12.4. The molecule has 0 aromatic heterocycles. The molecule has 0 bridgehead atoms. The Morgan fingerprint density at radius 1 is 0.902 bits per heavy atom. The van der Waals surface area contributed by atoms with E-state index >= 15 is 0 Å². The fourth-order valence-corrected chi connectivity index (χ4v) is 6.11. The lowest BCUT2D eigenvalue weighted by Gasteiger charge is -2.48. The van der Waals surface area contributed by atoms with E-state index in [1.807, 2.05) is 0 Å². The number of aliphatic carboxylic acids is 1. The summed E-state index contributed by atoms with van der Waals surface area (Å²) in [5.41, 5.74) is 5.85. The average molecular weight is 752 g/mol. The van der Waals surface area contributed by atoms with Crippen molar-refractivity contribution in [3.05, 3.63) is 0 Å². The van der Waals surface area contributed by atoms with Gasteiger partial charge in [0.05, 0.1) is 50.3 Å². The van der Waals surface area contributed by atoms with Crippen LogP contribution in [0.15, 0.2) is 0 Å². The predicted octanol–water partition coefficient (Wildman–Crippen LogP) is -8.25. The summed E-state index contributed by atoms with van der Waals surface area (Å²) in [6, 6.07) is -1.44. The van der Waals surface area contributed by atoms with E-state index in [0.29, 0.717) is 0 Å². The van der Waals surface area contributed by atoms with Gasteiger partial charge in [0.1, 0.15) is 67.1 Å². The molecule has 3 heterocycles. The normalized spacial score (nSPS) is 42.8. The number of rotatable bonds is 17. The Kier molecular flexibility index (Phi) is 16.3. The molecule has 0 aliphatic carbocycles. The van der Waals surface area contributed by atoms with Crippen LogP contribution >= 0.6 is 0 Å². The van der Waals surface area contributed by atoms with E-state index in [9.17, 15) is 71.2 Å². The van der Waals surface area contributed by atoms with Gasteiger partial charge in [-0.25, -0.2) is 4.79 Å². The Bertz CT molecular complexity index is 1080. The molecule has 300 valence electrons. The second kappa shape index (κ2) is 18.8. The van der Waals surface area contributed by atoms with Gasteiger partial charge in [0.25, 0.3) is 5.79 Å². The zero-order chi connectivity index (χ0) is 38.5. The van der Waals surface area contributed by atoms with Crippen molar-refractivity contribution in [2.75, 3.05) is 26.4 Å². The smallest absolute Gasteiger partial charge is 0.364 e. The molecule has 0 spiro atoms. The Balaban J connectivity index is 1.76. The maximum absolute atomic E-state index is 12.4. The molecule has 8 unspecified atom stereocenters. The molecule has 3 aliphatic heterocycles. The zero-order valence-corrected chi connectivity index (χ0v) is 27.9. The second-order valence-corrected chi connectivity index (χ2v) is 13.1. The summed E-state index contributed by atoms with van der Waals surface area (Å²) in [7, 11) is 0. The van der Waals surface area contributed by atoms with Crippen molar-refractivity contribution >= 4 is 5.97 Å². The Hall–Kier alpha value is -1.33. The lowest BCUT2D eigenvalue weighted by atomic mass is 9.89. The highest BCUT2D eigenvalue weighted by Crippen LogP contribution is 2.36. The molecule has 3 fully saturated rings. The van der Waals surface area contributed by atoms with Crippen LogP contribution in [0.2, 0.25) is 0 Å². The molecule has 0 aromatic rings. The van der Waals surface area contributed by atoms with E-state index in [1.165, 1.54) is 13.8 Å². The average Bonchev–Trinajstić information content (AvgIpc) is 3.09. The van der Waals surface area contributed by atoms with Gasteiger partial charge in [-0.05, 0) is 13.3 Å². The first kappa shape index (κ1) is 44.1. The quantitative estimate of drug-likeness (QED) is 0.0656. The van der Waals surface area contributed by atoms with Gasteiger partial charge in [-0.15, -0.1) is 0 Å². The number of hydrogen-bond donors (Lipinski definition) is 15. The number of carboxylic acid groups (broad SMARTS) is 1. The van der Waals surface area contributed by atoms with Crippen LogP contribution < -0.4 is 5.73 Å². The summed E-state index contributed by atoms with van der Waals surface area (Å²) in [6.45, 7) is -0.576. The third kappa shape index (κ3) is 9.86. The lowest BCUT2D eigenvalue weighted by Crippen LogP contribution is -2.67. The van der Waals surface area contributed by atoms with Crippen molar-refractivity contribution in [1.29, 1.82) is 0 Å². The molecule has 16 N–H and O–H groups in total. The molecule has 3 rings (SSSR count). The van der Waals surface area contributed by atoms with Crippen LogP contribution in [-0.4, -0.2) is 220 Å². The summed E-state index contributed by atoms with van der Waals surface area (Å²) >= 11 is 0. The molecule has 3 aliphatic rings. The molecule has 0 aromatic carbocycles. The van der Waals surface area contributed by atoms with Gasteiger partial charge in [0.15, 0.2) is 12.6 Å². The molecule has 3 saturated heterocycles. The standard InChI is InChI=1S/C29H53NO21/c1-9-17(38)24(14(7-33)47-26(9)49-23(10(2)34)18(39)11(35)3-4-31)50-27-22(43)21(42)20(41)15(48-27)8-46-29(28(44)45)5-12(36)16(30)25(51-29)19(40)13(37)6-32/h9-27,31-43H,3-8,30H2,1-2H3,(H,44,45)/t9?,10-,11-,12-,13?,14+,15?,16-,17?,18?,19?,20+,21?,22+,23+,24-,25?,26+,27+,29-/m1/s1. The van der Waals surface area contributed by atoms with Crippen molar-refractivity contribution in [2.24, 2.45) is 11.7 Å². The van der Waals surface area contributed by atoms with Gasteiger partial charge >= 0.3 is 5.97 Å². The minimum absolute atomic E-state index is 0.248. The van der Waals surface area contributed by atoms with Gasteiger partial charge in [-0.1, -0.05) is 6.92 Å². The fraction of sp³-hybridized carbons (Fsp3) is 0.966. The molecule has 20 atom stereocenters. The highest BCUT2D eigenvalue weighted by Gasteiger charge is 2.56. The first-order valence-electron chi connectivity index (χ1n) is 16.4. The molecule has 22 nitrogen and oxygen atoms in total. The SMILES string of the molecule is CC1C(O)[C@H](O[C@@H]2OC(CO[C@]3(C(=O)O)C[C@@H](O)[C@@H](N)C(C(O)C(O)CO)O3)[C@H](O)C(O)[C@@H]2O)[C@H](CO)O[C@H]1O[C@H](C(O)[C@H](O)CCO)[C@@H](C)O. The van der Waals surface area contributed by atoms with E-state index in [4.69, 9.17) is 39.3 Å². The van der Waals surface area contributed by atoms with Crippen LogP contribution in [0.4, 0.5) is 0 Å². The van der Waals surface area contributed by atoms with Gasteiger partial charge in [-0.3, -0.25) is 0 Å². The van der Waals surface area contributed by atoms with Crippen molar-refractivity contribution in [1.82, 2.24) is 0 Å². The summed E-state index contributed by atoms with van der Waals surface area (Å²) < 4.78 is 33.6. The van der Waals surface area contributed by atoms with Gasteiger partial charge < -0.3 is 106 Å². The van der Waals surface area contributed by atoms with Crippen LogP contribution in [0.25, 0.3) is 0 Å². The Morgan fingerprint density at radius 3 is 2.08 bits per heavy atom. The largest absolute Gasteiger partial charge is 0.477 e. The number of carbonyl (C=O) groups is 1. The van der Waals surface area contributed by atoms with Crippen LogP contribution in [0.5, 0.6) is 0 Å². The third-order valence-corrected chi connectivity index (χ3v) is 9.39. The van der Waals surface area contributed by atoms with Crippen LogP contribution in [0.1, 0.15) is 26.7 Å². The van der Waals surface area contributed by atoms with Crippen LogP contribution in [0, 0.1) is 5.92 Å². The minimum atomic E-state index is -2.78. The first-order valence-corrected chi connectivity index (χ1v) is 16.4. The number of ether oxygens (including phenoxy) is 6. The molecule has 0 amide bonds. The van der Waals surface area contributed by atoms with Crippen LogP contribution in [0.3, 0.4) is 0 Å². The van der Waals surface area contributed by atoms with Gasteiger partial charge in [-0.2, -0.15) is 0 Å². The third-order valence-electron chi connectivity index (χ3n) is 9.39. The highest BCUT2D eigenvalue weighted by molar-refractivity contribution is 5.76. The van der Waals surface area contributed by atoms with Crippen molar-refractivity contribution in [2.45, 2.75) is 143 Å². The summed E-state index contributed by atoms with van der Waals surface area (Å²) in [5.74, 6) is -5.67. The maximum Gasteiger partial charge on any atom is 0.364 e. The molecular formula is C29H53NO21. The summed E-state index contributed by atoms with van der Waals surface area (Å²) in [5, 5.41) is 143. The van der Waals surface area contributed by atoms with E-state index in [1.54, 1.807) is 0 Å². The second-order valence-electron chi connectivity index (χ2n) is 13.1. The predicted molar refractivity (Wildman–Crippen MR) is 162 cm³/mol. The van der Waals surface area contributed by atoms with Crippen molar-refractivity contribution in [3.8, 4) is 0 Å². The number of aliphatic hydroxyl groups is 13. The number of hydrogen-bond acceptors (Lipinski definition) is 21. The number of carboxylic acids is 1.